The highest BCUT2D eigenvalue weighted by Crippen LogP contribution is 2.25. The van der Waals surface area contributed by atoms with Gasteiger partial charge < -0.3 is 15.0 Å². The molecule has 1 aliphatic rings. The van der Waals surface area contributed by atoms with E-state index >= 15 is 0 Å². The summed E-state index contributed by atoms with van der Waals surface area (Å²) in [5.74, 6) is -1.74. The lowest BCUT2D eigenvalue weighted by atomic mass is 10.1. The second-order valence-electron chi connectivity index (χ2n) is 6.36. The number of aryl methyl sites for hydroxylation is 1. The van der Waals surface area contributed by atoms with Crippen molar-refractivity contribution in [2.45, 2.75) is 13.3 Å². The maximum atomic E-state index is 12.2. The van der Waals surface area contributed by atoms with Crippen molar-refractivity contribution in [3.8, 4) is 0 Å². The first kappa shape index (κ1) is 18.9. The molecule has 1 saturated heterocycles. The van der Waals surface area contributed by atoms with E-state index in [1.54, 1.807) is 23.1 Å². The predicted molar refractivity (Wildman–Crippen MR) is 103 cm³/mol. The quantitative estimate of drug-likeness (QED) is 0.801. The summed E-state index contributed by atoms with van der Waals surface area (Å²) in [6.45, 7) is 1.69. The first-order valence-electron chi connectivity index (χ1n) is 8.52. The summed E-state index contributed by atoms with van der Waals surface area (Å²) in [7, 11) is 0. The Hall–Kier alpha value is -2.86. The van der Waals surface area contributed by atoms with Crippen LogP contribution in [0.3, 0.4) is 0 Å². The second-order valence-corrected chi connectivity index (χ2v) is 6.77. The van der Waals surface area contributed by atoms with Crippen LogP contribution in [0, 0.1) is 12.8 Å². The first-order chi connectivity index (χ1) is 12.9. The molecule has 27 heavy (non-hydrogen) atoms. The smallest absolute Gasteiger partial charge is 0.311 e. The summed E-state index contributed by atoms with van der Waals surface area (Å²) >= 11 is 6.02. The normalized spacial score (nSPS) is 16.3. The maximum Gasteiger partial charge on any atom is 0.311 e. The molecule has 0 aromatic heterocycles. The highest BCUT2D eigenvalue weighted by Gasteiger charge is 2.36. The van der Waals surface area contributed by atoms with Gasteiger partial charge in [0.25, 0.3) is 5.91 Å². The molecule has 7 heteroatoms. The fourth-order valence-electron chi connectivity index (χ4n) is 2.85. The molecular formula is C20H19ClN2O4. The lowest BCUT2D eigenvalue weighted by molar-refractivity contribution is -0.151. The van der Waals surface area contributed by atoms with Crippen molar-refractivity contribution < 1.29 is 19.1 Å². The van der Waals surface area contributed by atoms with Crippen LogP contribution in [0.15, 0.2) is 48.5 Å². The number of ether oxygens (including phenoxy) is 1. The van der Waals surface area contributed by atoms with Crippen molar-refractivity contribution >= 4 is 40.8 Å². The molecule has 2 aromatic carbocycles. The Kier molecular flexibility index (Phi) is 5.76. The molecule has 1 N–H and O–H groups in total. The Labute approximate surface area is 162 Å². The van der Waals surface area contributed by atoms with Gasteiger partial charge in [0.2, 0.25) is 5.91 Å². The van der Waals surface area contributed by atoms with Crippen molar-refractivity contribution in [1.29, 1.82) is 0 Å². The largest absolute Gasteiger partial charge is 0.455 e. The van der Waals surface area contributed by atoms with Gasteiger partial charge in [-0.3, -0.25) is 14.4 Å². The van der Waals surface area contributed by atoms with E-state index in [4.69, 9.17) is 16.3 Å². The van der Waals surface area contributed by atoms with Crippen LogP contribution in [-0.4, -0.2) is 30.9 Å². The van der Waals surface area contributed by atoms with Gasteiger partial charge in [-0.25, -0.2) is 0 Å². The average molecular weight is 387 g/mol. The van der Waals surface area contributed by atoms with E-state index in [1.807, 2.05) is 37.3 Å². The summed E-state index contributed by atoms with van der Waals surface area (Å²) in [6, 6.07) is 14.3. The molecule has 0 radical (unpaired) electrons. The molecule has 0 saturated carbocycles. The number of carbonyl (C=O) groups is 3. The molecule has 0 unspecified atom stereocenters. The molecule has 1 atom stereocenters. The number of halogens is 1. The molecule has 0 spiro atoms. The second kappa shape index (κ2) is 8.22. The number of para-hydroxylation sites is 1. The van der Waals surface area contributed by atoms with Gasteiger partial charge in [-0.2, -0.15) is 0 Å². The number of amides is 2. The molecule has 1 heterocycles. The molecule has 3 rings (SSSR count). The number of benzene rings is 2. The number of carbonyl (C=O) groups excluding carboxylic acids is 3. The van der Waals surface area contributed by atoms with Crippen molar-refractivity contribution in [3.05, 3.63) is 59.1 Å². The number of nitrogens with zero attached hydrogens (tertiary/aromatic N) is 1. The minimum absolute atomic E-state index is 0.0723. The van der Waals surface area contributed by atoms with Crippen LogP contribution >= 0.6 is 11.6 Å². The van der Waals surface area contributed by atoms with Gasteiger partial charge in [0.1, 0.15) is 0 Å². The van der Waals surface area contributed by atoms with E-state index in [0.717, 1.165) is 11.3 Å². The van der Waals surface area contributed by atoms with E-state index in [9.17, 15) is 14.4 Å². The molecule has 140 valence electrons. The third-order valence-corrected chi connectivity index (χ3v) is 4.73. The van der Waals surface area contributed by atoms with Crippen LogP contribution in [0.2, 0.25) is 5.02 Å². The van der Waals surface area contributed by atoms with Gasteiger partial charge in [-0.1, -0.05) is 35.9 Å². The van der Waals surface area contributed by atoms with Crippen LogP contribution in [0.5, 0.6) is 0 Å². The minimum Gasteiger partial charge on any atom is -0.455 e. The summed E-state index contributed by atoms with van der Waals surface area (Å²) in [5, 5.41) is 3.16. The Balaban J connectivity index is 1.51. The molecule has 1 fully saturated rings. The lowest BCUT2D eigenvalue weighted by Gasteiger charge is -2.16. The van der Waals surface area contributed by atoms with Crippen molar-refractivity contribution in [2.24, 2.45) is 5.92 Å². The average Bonchev–Trinajstić information content (AvgIpc) is 3.05. The van der Waals surface area contributed by atoms with Crippen molar-refractivity contribution in [3.63, 3.8) is 0 Å². The van der Waals surface area contributed by atoms with Gasteiger partial charge in [-0.15, -0.1) is 0 Å². The Morgan fingerprint density at radius 1 is 1.22 bits per heavy atom. The van der Waals surface area contributed by atoms with Crippen LogP contribution in [0.1, 0.15) is 12.0 Å². The van der Waals surface area contributed by atoms with E-state index < -0.39 is 24.4 Å². The van der Waals surface area contributed by atoms with E-state index in [-0.39, 0.29) is 18.9 Å². The summed E-state index contributed by atoms with van der Waals surface area (Å²) in [6.07, 6.45) is 0.0723. The maximum absolute atomic E-state index is 12.2. The molecule has 1 aliphatic heterocycles. The molecule has 2 amide bonds. The molecule has 0 aliphatic carbocycles. The standard InChI is InChI=1S/C20H19ClN2O4/c1-13-7-8-15(10-17(13)21)22-18(24)12-27-20(26)14-9-19(25)23(11-14)16-5-3-2-4-6-16/h2-8,10,14H,9,11-12H2,1H3,(H,22,24)/t14-/m1/s1. The fourth-order valence-corrected chi connectivity index (χ4v) is 3.03. The third kappa shape index (κ3) is 4.65. The van der Waals surface area contributed by atoms with Crippen molar-refractivity contribution in [1.82, 2.24) is 0 Å². The summed E-state index contributed by atoms with van der Waals surface area (Å²) in [5.41, 5.74) is 2.17. The van der Waals surface area contributed by atoms with Crippen LogP contribution in [-0.2, 0) is 19.1 Å². The number of rotatable bonds is 5. The Bertz CT molecular complexity index is 870. The van der Waals surface area contributed by atoms with Crippen LogP contribution in [0.25, 0.3) is 0 Å². The molecular weight excluding hydrogens is 368 g/mol. The van der Waals surface area contributed by atoms with E-state index in [1.165, 1.54) is 0 Å². The minimum atomic E-state index is -0.584. The SMILES string of the molecule is Cc1ccc(NC(=O)COC(=O)[C@@H]2CC(=O)N(c3ccccc3)C2)cc1Cl. The monoisotopic (exact) mass is 386 g/mol. The number of nitrogens with one attached hydrogen (secondary N) is 1. The van der Waals surface area contributed by atoms with E-state index in [0.29, 0.717) is 10.7 Å². The lowest BCUT2D eigenvalue weighted by Crippen LogP contribution is -2.28. The van der Waals surface area contributed by atoms with Crippen LogP contribution in [0.4, 0.5) is 11.4 Å². The van der Waals surface area contributed by atoms with Gasteiger partial charge in [-0.05, 0) is 36.8 Å². The van der Waals surface area contributed by atoms with Crippen LogP contribution < -0.4 is 10.2 Å². The van der Waals surface area contributed by atoms with Crippen molar-refractivity contribution in [2.75, 3.05) is 23.4 Å². The van der Waals surface area contributed by atoms with Gasteiger partial charge in [0.15, 0.2) is 6.61 Å². The zero-order valence-electron chi connectivity index (χ0n) is 14.8. The topological polar surface area (TPSA) is 75.7 Å². The molecule has 6 nitrogen and oxygen atoms in total. The highest BCUT2D eigenvalue weighted by molar-refractivity contribution is 6.31. The number of hydrogen-bond donors (Lipinski definition) is 1. The van der Waals surface area contributed by atoms with Gasteiger partial charge in [0.05, 0.1) is 5.92 Å². The molecule has 2 aromatic rings. The van der Waals surface area contributed by atoms with Gasteiger partial charge in [0, 0.05) is 29.4 Å². The summed E-state index contributed by atoms with van der Waals surface area (Å²) < 4.78 is 5.08. The highest BCUT2D eigenvalue weighted by atomic mass is 35.5. The Morgan fingerprint density at radius 3 is 2.67 bits per heavy atom. The first-order valence-corrected chi connectivity index (χ1v) is 8.90. The fraction of sp³-hybridized carbons (Fsp3) is 0.250. The zero-order valence-corrected chi connectivity index (χ0v) is 15.5. The Morgan fingerprint density at radius 2 is 1.96 bits per heavy atom. The number of anilines is 2. The zero-order chi connectivity index (χ0) is 19.4. The summed E-state index contributed by atoms with van der Waals surface area (Å²) in [4.78, 5) is 37.9. The number of hydrogen-bond acceptors (Lipinski definition) is 4. The third-order valence-electron chi connectivity index (χ3n) is 4.33. The molecule has 0 bridgehead atoms. The predicted octanol–water partition coefficient (Wildman–Crippen LogP) is 3.18. The number of esters is 1. The van der Waals surface area contributed by atoms with E-state index in [2.05, 4.69) is 5.32 Å². The van der Waals surface area contributed by atoms with Gasteiger partial charge >= 0.3 is 5.97 Å².